The Morgan fingerprint density at radius 1 is 1.50 bits per heavy atom. The summed E-state index contributed by atoms with van der Waals surface area (Å²) < 4.78 is 27.3. The van der Waals surface area contributed by atoms with Gasteiger partial charge in [-0.25, -0.2) is 8.42 Å². The molecule has 2 saturated heterocycles. The van der Waals surface area contributed by atoms with Gasteiger partial charge < -0.3 is 9.84 Å². The highest BCUT2D eigenvalue weighted by molar-refractivity contribution is 7.91. The van der Waals surface area contributed by atoms with Gasteiger partial charge in [0.15, 0.2) is 9.84 Å². The zero-order valence-electron chi connectivity index (χ0n) is 6.67. The van der Waals surface area contributed by atoms with E-state index in [1.165, 1.54) is 0 Å². The predicted octanol–water partition coefficient (Wildman–Crippen LogP) is -1.61. The van der Waals surface area contributed by atoms with Gasteiger partial charge in [-0.3, -0.25) is 4.90 Å². The molecule has 70 valence electrons. The summed E-state index contributed by atoms with van der Waals surface area (Å²) in [6, 6.07) is -0.162. The smallest absolute Gasteiger partial charge is 0.216 e. The molecule has 1 N–H and O–H groups in total. The van der Waals surface area contributed by atoms with E-state index in [4.69, 9.17) is 4.74 Å². The molecule has 0 aromatic heterocycles. The van der Waals surface area contributed by atoms with Crippen LogP contribution in [0.25, 0.3) is 0 Å². The molecule has 0 bridgehead atoms. The Labute approximate surface area is 70.8 Å². The number of hydrogen-bond donors (Lipinski definition) is 1. The highest BCUT2D eigenvalue weighted by Gasteiger charge is 2.48. The number of nitrogens with zero attached hydrogens (tertiary/aromatic N) is 1. The van der Waals surface area contributed by atoms with E-state index in [0.717, 1.165) is 0 Å². The first-order chi connectivity index (χ1) is 5.49. The lowest BCUT2D eigenvalue weighted by Crippen LogP contribution is -2.35. The highest BCUT2D eigenvalue weighted by Crippen LogP contribution is 2.28. The minimum Gasteiger partial charge on any atom is -0.356 e. The van der Waals surface area contributed by atoms with Crippen LogP contribution in [0.2, 0.25) is 0 Å². The third-order valence-corrected chi connectivity index (χ3v) is 4.13. The topological polar surface area (TPSA) is 66.8 Å². The first-order valence-electron chi connectivity index (χ1n) is 3.75. The molecule has 0 amide bonds. The minimum atomic E-state index is -2.94. The van der Waals surface area contributed by atoms with E-state index in [0.29, 0.717) is 0 Å². The van der Waals surface area contributed by atoms with Crippen LogP contribution in [-0.2, 0) is 14.6 Å². The van der Waals surface area contributed by atoms with Gasteiger partial charge in [0, 0.05) is 0 Å². The predicted molar refractivity (Wildman–Crippen MR) is 41.1 cm³/mol. The second-order valence-corrected chi connectivity index (χ2v) is 5.46. The fourth-order valence-electron chi connectivity index (χ4n) is 1.72. The number of rotatable bonds is 0. The van der Waals surface area contributed by atoms with Crippen LogP contribution in [0, 0.1) is 0 Å². The van der Waals surface area contributed by atoms with Gasteiger partial charge in [0.1, 0.15) is 0 Å². The fourth-order valence-corrected chi connectivity index (χ4v) is 3.63. The van der Waals surface area contributed by atoms with Gasteiger partial charge in [-0.05, 0) is 7.05 Å². The summed E-state index contributed by atoms with van der Waals surface area (Å²) in [5.74, 6) is 0.143. The van der Waals surface area contributed by atoms with Crippen LogP contribution >= 0.6 is 0 Å². The molecule has 12 heavy (non-hydrogen) atoms. The van der Waals surface area contributed by atoms with E-state index in [2.05, 4.69) is 0 Å². The molecular weight excluding hydrogens is 182 g/mol. The molecule has 0 aromatic carbocycles. The van der Waals surface area contributed by atoms with Gasteiger partial charge in [-0.2, -0.15) is 0 Å². The van der Waals surface area contributed by atoms with E-state index in [1.807, 2.05) is 0 Å². The number of likely N-dealkylation sites (N-methyl/N-ethyl adjacent to an activating group) is 1. The lowest BCUT2D eigenvalue weighted by Gasteiger charge is -2.16. The average molecular weight is 193 g/mol. The van der Waals surface area contributed by atoms with E-state index in [1.54, 1.807) is 11.9 Å². The number of aliphatic hydroxyl groups excluding tert-OH is 1. The van der Waals surface area contributed by atoms with Crippen molar-refractivity contribution >= 4 is 9.84 Å². The molecule has 0 unspecified atom stereocenters. The molecule has 2 rings (SSSR count). The van der Waals surface area contributed by atoms with Gasteiger partial charge in [-0.1, -0.05) is 0 Å². The Bertz CT molecular complexity index is 288. The molecular formula is C6H11NO4S. The Morgan fingerprint density at radius 3 is 2.75 bits per heavy atom. The van der Waals surface area contributed by atoms with Crippen molar-refractivity contribution < 1.29 is 18.3 Å². The molecule has 5 nitrogen and oxygen atoms in total. The normalized spacial score (nSPS) is 46.3. The fraction of sp³-hybridized carbons (Fsp3) is 1.00. The van der Waals surface area contributed by atoms with Crippen molar-refractivity contribution in [3.8, 4) is 0 Å². The van der Waals surface area contributed by atoms with E-state index in [-0.39, 0.29) is 23.7 Å². The Kier molecular flexibility index (Phi) is 1.69. The van der Waals surface area contributed by atoms with Gasteiger partial charge in [0.2, 0.25) is 6.41 Å². The van der Waals surface area contributed by atoms with Crippen molar-refractivity contribution in [3.63, 3.8) is 0 Å². The second-order valence-electron chi connectivity index (χ2n) is 3.31. The number of aliphatic hydroxyl groups is 1. The molecule has 0 aliphatic carbocycles. The van der Waals surface area contributed by atoms with Crippen LogP contribution in [0.1, 0.15) is 0 Å². The SMILES string of the molecule is CN1[C@H](O)O[C@H]2CS(=O)(=O)C[C@H]21. The van der Waals surface area contributed by atoms with Crippen LogP contribution in [0.3, 0.4) is 0 Å². The maximum absolute atomic E-state index is 11.1. The lowest BCUT2D eigenvalue weighted by atomic mass is 10.2. The number of sulfone groups is 1. The van der Waals surface area contributed by atoms with Gasteiger partial charge in [0.05, 0.1) is 23.7 Å². The molecule has 0 saturated carbocycles. The Hall–Kier alpha value is -0.170. The van der Waals surface area contributed by atoms with Crippen LogP contribution in [0.5, 0.6) is 0 Å². The average Bonchev–Trinajstić information content (AvgIpc) is 2.33. The molecule has 2 aliphatic rings. The largest absolute Gasteiger partial charge is 0.356 e. The summed E-state index contributed by atoms with van der Waals surface area (Å²) in [4.78, 5) is 1.55. The number of hydrogen-bond acceptors (Lipinski definition) is 5. The monoisotopic (exact) mass is 193 g/mol. The summed E-state index contributed by atoms with van der Waals surface area (Å²) in [5, 5.41) is 9.18. The highest BCUT2D eigenvalue weighted by atomic mass is 32.2. The number of fused-ring (bicyclic) bond motifs is 1. The van der Waals surface area contributed by atoms with Crippen molar-refractivity contribution in [2.75, 3.05) is 18.6 Å². The maximum Gasteiger partial charge on any atom is 0.216 e. The van der Waals surface area contributed by atoms with Crippen molar-refractivity contribution in [2.45, 2.75) is 18.6 Å². The van der Waals surface area contributed by atoms with E-state index in [9.17, 15) is 13.5 Å². The van der Waals surface area contributed by atoms with E-state index >= 15 is 0 Å². The summed E-state index contributed by atoms with van der Waals surface area (Å²) in [6.07, 6.45) is -1.27. The summed E-state index contributed by atoms with van der Waals surface area (Å²) in [5.41, 5.74) is 0. The molecule has 6 heteroatoms. The third kappa shape index (κ3) is 1.15. The van der Waals surface area contributed by atoms with E-state index < -0.39 is 16.3 Å². The quantitative estimate of drug-likeness (QED) is 0.501. The zero-order chi connectivity index (χ0) is 8.93. The van der Waals surface area contributed by atoms with Gasteiger partial charge in [-0.15, -0.1) is 0 Å². The van der Waals surface area contributed by atoms with Crippen molar-refractivity contribution in [2.24, 2.45) is 0 Å². The molecule has 3 atom stereocenters. The van der Waals surface area contributed by atoms with Crippen molar-refractivity contribution in [1.29, 1.82) is 0 Å². The summed E-state index contributed by atoms with van der Waals surface area (Å²) >= 11 is 0. The van der Waals surface area contributed by atoms with Crippen LogP contribution in [-0.4, -0.2) is 55.5 Å². The maximum atomic E-state index is 11.1. The van der Waals surface area contributed by atoms with Crippen molar-refractivity contribution in [1.82, 2.24) is 4.90 Å². The molecule has 0 aromatic rings. The Morgan fingerprint density at radius 2 is 2.17 bits per heavy atom. The summed E-state index contributed by atoms with van der Waals surface area (Å²) in [6.45, 7) is 0. The first kappa shape index (κ1) is 8.43. The van der Waals surface area contributed by atoms with Crippen molar-refractivity contribution in [3.05, 3.63) is 0 Å². The third-order valence-electron chi connectivity index (χ3n) is 2.44. The standard InChI is InChI=1S/C6H11NO4S/c1-7-4-2-12(9,10)3-5(4)11-6(7)8/h4-6,8H,2-3H2,1H3/t4-,5+,6-/m1/s1. The lowest BCUT2D eigenvalue weighted by molar-refractivity contribution is -0.140. The zero-order valence-corrected chi connectivity index (χ0v) is 7.49. The Balaban J connectivity index is 2.21. The van der Waals surface area contributed by atoms with Crippen LogP contribution in [0.4, 0.5) is 0 Å². The molecule has 2 fully saturated rings. The van der Waals surface area contributed by atoms with Crippen LogP contribution < -0.4 is 0 Å². The molecule has 0 spiro atoms. The molecule has 0 radical (unpaired) electrons. The minimum absolute atomic E-state index is 0.0407. The van der Waals surface area contributed by atoms with Gasteiger partial charge in [0.25, 0.3) is 0 Å². The first-order valence-corrected chi connectivity index (χ1v) is 5.58. The number of ether oxygens (including phenoxy) is 1. The molecule has 2 heterocycles. The molecule has 2 aliphatic heterocycles. The summed E-state index contributed by atoms with van der Waals surface area (Å²) in [7, 11) is -1.28. The van der Waals surface area contributed by atoms with Crippen LogP contribution in [0.15, 0.2) is 0 Å². The van der Waals surface area contributed by atoms with Gasteiger partial charge >= 0.3 is 0 Å². The second kappa shape index (κ2) is 2.41.